The van der Waals surface area contributed by atoms with Crippen LogP contribution in [-0.2, 0) is 20.9 Å². The second kappa shape index (κ2) is 21.6. The van der Waals surface area contributed by atoms with Crippen molar-refractivity contribution in [3.8, 4) is 11.5 Å². The molecule has 4 aliphatic rings. The predicted molar refractivity (Wildman–Crippen MR) is 242 cm³/mol. The molecule has 3 aromatic carbocycles. The van der Waals surface area contributed by atoms with E-state index < -0.39 is 23.8 Å². The number of benzene rings is 3. The molecule has 11 heteroatoms. The number of carbonyl (C=O) groups excluding carboxylic acids is 2. The van der Waals surface area contributed by atoms with Gasteiger partial charge in [-0.2, -0.15) is 0 Å². The van der Waals surface area contributed by atoms with Crippen molar-refractivity contribution in [3.05, 3.63) is 96.1 Å². The van der Waals surface area contributed by atoms with Crippen molar-refractivity contribution in [1.82, 2.24) is 10.2 Å². The van der Waals surface area contributed by atoms with Crippen LogP contribution < -0.4 is 14.8 Å². The maximum Gasteiger partial charge on any atom is 0.412 e. The van der Waals surface area contributed by atoms with Gasteiger partial charge in [0.25, 0.3) is 0 Å². The number of carbonyl (C=O) groups is 2. The number of amides is 2. The number of nitrogens with one attached hydrogen (secondary N) is 1. The molecule has 0 saturated heterocycles. The standard InChI is InChI=1S/C51H67N3O8/c1-4-30-59-51-46(54(47(57)27-24-35-16-7-8-17-35)34-38-21-15-20-36-18-9-10-22-40(36)38)33-44(53-60-6-3)42-31-37(19-11-13-28-55)41(23-12-14-29-56)48(49(42)51)43-32-39(25-26-45(43)62-51)61-50(58)52-5-2/h4,9-10,15,18,20-22,25-26,31-32,35,37,41,46,48-49,55-56H,1,5-8,11-14,16-17,19,23-24,27-30,33-34H2,2-3H3,(H,52,58)/t37-,41+,46-,48+,49+,51+/m0/s1. The molecule has 1 heterocycles. The summed E-state index contributed by atoms with van der Waals surface area (Å²) in [6.45, 7) is 9.37. The number of ether oxygens (including phenoxy) is 3. The summed E-state index contributed by atoms with van der Waals surface area (Å²) in [7, 11) is 0. The summed E-state index contributed by atoms with van der Waals surface area (Å²) >= 11 is 0. The van der Waals surface area contributed by atoms with Crippen LogP contribution >= 0.6 is 0 Å². The number of hydrogen-bond donors (Lipinski definition) is 3. The zero-order chi connectivity index (χ0) is 43.5. The first-order chi connectivity index (χ1) is 30.3. The highest BCUT2D eigenvalue weighted by Crippen LogP contribution is 2.62. The van der Waals surface area contributed by atoms with Gasteiger partial charge >= 0.3 is 6.09 Å². The first kappa shape index (κ1) is 45.3. The molecule has 2 amide bonds. The Kier molecular flexibility index (Phi) is 15.8. The number of unbranched alkanes of at least 4 members (excludes halogenated alkanes) is 2. The maximum atomic E-state index is 15.3. The molecule has 0 spiro atoms. The molecule has 1 aliphatic heterocycles. The minimum absolute atomic E-state index is 0.0414. The molecular formula is C51H67N3O8. The normalized spacial score (nSPS) is 24.7. The summed E-state index contributed by atoms with van der Waals surface area (Å²) in [5.74, 6) is -0.373. The highest BCUT2D eigenvalue weighted by Gasteiger charge is 2.65. The van der Waals surface area contributed by atoms with Gasteiger partial charge in [-0.25, -0.2) is 4.79 Å². The summed E-state index contributed by atoms with van der Waals surface area (Å²) in [5.41, 5.74) is 3.67. The zero-order valence-electron chi connectivity index (χ0n) is 36.8. The van der Waals surface area contributed by atoms with Crippen LogP contribution in [0.2, 0.25) is 0 Å². The lowest BCUT2D eigenvalue weighted by Gasteiger charge is -2.60. The number of oxime groups is 1. The van der Waals surface area contributed by atoms with E-state index in [1.165, 1.54) is 12.8 Å². The van der Waals surface area contributed by atoms with Gasteiger partial charge in [0.15, 0.2) is 0 Å². The molecule has 0 radical (unpaired) electrons. The maximum absolute atomic E-state index is 15.3. The lowest BCUT2D eigenvalue weighted by Crippen LogP contribution is -2.70. The van der Waals surface area contributed by atoms with Crippen molar-refractivity contribution in [2.75, 3.05) is 33.0 Å². The number of allylic oxidation sites excluding steroid dienone is 1. The van der Waals surface area contributed by atoms with Gasteiger partial charge in [0.05, 0.1) is 18.2 Å². The van der Waals surface area contributed by atoms with Crippen molar-refractivity contribution in [2.45, 2.75) is 122 Å². The van der Waals surface area contributed by atoms with E-state index in [1.807, 2.05) is 43.0 Å². The topological polar surface area (TPSA) is 139 Å². The van der Waals surface area contributed by atoms with E-state index in [0.717, 1.165) is 78.1 Å². The van der Waals surface area contributed by atoms with Gasteiger partial charge in [-0.05, 0) is 104 Å². The lowest BCUT2D eigenvalue weighted by atomic mass is 9.55. The Morgan fingerprint density at radius 2 is 1.76 bits per heavy atom. The zero-order valence-corrected chi connectivity index (χ0v) is 36.8. The van der Waals surface area contributed by atoms with E-state index in [2.05, 4.69) is 48.3 Å². The van der Waals surface area contributed by atoms with Crippen LogP contribution in [0.3, 0.4) is 0 Å². The lowest BCUT2D eigenvalue weighted by molar-refractivity contribution is -0.258. The predicted octanol–water partition coefficient (Wildman–Crippen LogP) is 9.60. The molecule has 334 valence electrons. The minimum Gasteiger partial charge on any atom is -0.459 e. The fourth-order valence-electron chi connectivity index (χ4n) is 10.9. The van der Waals surface area contributed by atoms with Gasteiger partial charge in [0.1, 0.15) is 24.1 Å². The molecule has 6 atom stereocenters. The van der Waals surface area contributed by atoms with E-state index in [4.69, 9.17) is 24.2 Å². The molecule has 62 heavy (non-hydrogen) atoms. The molecule has 3 N–H and O–H groups in total. The molecule has 3 aromatic rings. The summed E-state index contributed by atoms with van der Waals surface area (Å²) in [6.07, 6.45) is 14.4. The van der Waals surface area contributed by atoms with Crippen LogP contribution in [0.25, 0.3) is 10.8 Å². The molecule has 0 unspecified atom stereocenters. The van der Waals surface area contributed by atoms with Gasteiger partial charge in [0, 0.05) is 50.6 Å². The third kappa shape index (κ3) is 9.90. The fourth-order valence-corrected chi connectivity index (χ4v) is 10.9. The number of aliphatic hydroxyl groups is 2. The average Bonchev–Trinajstić information content (AvgIpc) is 3.81. The van der Waals surface area contributed by atoms with Crippen molar-refractivity contribution in [3.63, 3.8) is 0 Å². The van der Waals surface area contributed by atoms with Crippen LogP contribution in [0.15, 0.2) is 90.1 Å². The van der Waals surface area contributed by atoms with Crippen LogP contribution in [0.1, 0.15) is 114 Å². The van der Waals surface area contributed by atoms with Gasteiger partial charge in [-0.1, -0.05) is 98.3 Å². The van der Waals surface area contributed by atoms with Gasteiger partial charge in [-0.15, -0.1) is 6.58 Å². The molecule has 2 fully saturated rings. The highest BCUT2D eigenvalue weighted by atomic mass is 16.7. The Morgan fingerprint density at radius 3 is 2.52 bits per heavy atom. The number of rotatable bonds is 21. The average molecular weight is 850 g/mol. The molecule has 7 rings (SSSR count). The molecular weight excluding hydrogens is 783 g/mol. The van der Waals surface area contributed by atoms with E-state index in [1.54, 1.807) is 12.1 Å². The number of nitrogens with zero attached hydrogens (tertiary/aromatic N) is 2. The quantitative estimate of drug-likeness (QED) is 0.0548. The number of aliphatic hydroxyl groups excluding tert-OH is 2. The molecule has 2 saturated carbocycles. The smallest absolute Gasteiger partial charge is 0.412 e. The largest absolute Gasteiger partial charge is 0.459 e. The third-order valence-corrected chi connectivity index (χ3v) is 13.6. The summed E-state index contributed by atoms with van der Waals surface area (Å²) in [5, 5.41) is 29.7. The summed E-state index contributed by atoms with van der Waals surface area (Å²) < 4.78 is 20.5. The van der Waals surface area contributed by atoms with Crippen molar-refractivity contribution < 1.29 is 38.9 Å². The van der Waals surface area contributed by atoms with E-state index in [-0.39, 0.29) is 43.5 Å². The van der Waals surface area contributed by atoms with Crippen LogP contribution in [0.4, 0.5) is 4.79 Å². The van der Waals surface area contributed by atoms with E-state index in [0.29, 0.717) is 62.8 Å². The fraction of sp³-hybridized carbons (Fsp3) is 0.549. The number of hydrogen-bond acceptors (Lipinski definition) is 9. The van der Waals surface area contributed by atoms with Crippen LogP contribution in [0, 0.1) is 23.7 Å². The van der Waals surface area contributed by atoms with Crippen LogP contribution in [-0.4, -0.2) is 77.6 Å². The Bertz CT molecular complexity index is 2060. The van der Waals surface area contributed by atoms with E-state index >= 15 is 4.79 Å². The summed E-state index contributed by atoms with van der Waals surface area (Å²) in [4.78, 5) is 36.1. The van der Waals surface area contributed by atoms with Gasteiger partial charge in [0.2, 0.25) is 11.7 Å². The molecule has 0 bridgehead atoms. The number of fused-ring (bicyclic) bond motifs is 3. The van der Waals surface area contributed by atoms with Crippen molar-refractivity contribution in [1.29, 1.82) is 0 Å². The highest BCUT2D eigenvalue weighted by molar-refractivity contribution is 6.03. The Morgan fingerprint density at radius 1 is 0.984 bits per heavy atom. The molecule has 11 nitrogen and oxygen atoms in total. The third-order valence-electron chi connectivity index (χ3n) is 13.6. The Labute approximate surface area is 367 Å². The Hall–Kier alpha value is -4.71. The summed E-state index contributed by atoms with van der Waals surface area (Å²) in [6, 6.07) is 19.5. The SMILES string of the molecule is C=CCO[C@@]12Oc3ccc(OC(=O)NCC)cc3[C@H]3[C@H](CCCCO)[C@@H](CCCCO)C=C(C(=NOCC)C[C@@H]1N(Cc1cccc4ccccc14)C(=O)CCC1CCCC1)[C@H]32. The van der Waals surface area contributed by atoms with Gasteiger partial charge < -0.3 is 39.5 Å². The van der Waals surface area contributed by atoms with Crippen molar-refractivity contribution in [2.24, 2.45) is 28.8 Å². The first-order valence-corrected chi connectivity index (χ1v) is 23.3. The second-order valence-electron chi connectivity index (χ2n) is 17.5. The monoisotopic (exact) mass is 849 g/mol. The van der Waals surface area contributed by atoms with Crippen molar-refractivity contribution >= 4 is 28.5 Å². The second-order valence-corrected chi connectivity index (χ2v) is 17.5. The Balaban J connectivity index is 1.45. The van der Waals surface area contributed by atoms with E-state index in [9.17, 15) is 15.0 Å². The minimum atomic E-state index is -1.39. The first-order valence-electron chi connectivity index (χ1n) is 23.3. The van der Waals surface area contributed by atoms with Gasteiger partial charge in [-0.3, -0.25) is 4.79 Å². The van der Waals surface area contributed by atoms with Crippen LogP contribution in [0.5, 0.6) is 11.5 Å². The molecule has 3 aliphatic carbocycles. The molecule has 0 aromatic heterocycles.